The molecule has 4 nitrogen and oxygen atoms in total. The van der Waals surface area contributed by atoms with Crippen LogP contribution in [0.1, 0.15) is 45.8 Å². The molecule has 1 saturated heterocycles. The highest BCUT2D eigenvalue weighted by molar-refractivity contribution is 14.1. The summed E-state index contributed by atoms with van der Waals surface area (Å²) in [5.41, 5.74) is 0.724. The third-order valence-corrected chi connectivity index (χ3v) is 4.93. The highest BCUT2D eigenvalue weighted by atomic mass is 127. The van der Waals surface area contributed by atoms with Crippen LogP contribution in [0.15, 0.2) is 30.3 Å². The van der Waals surface area contributed by atoms with Gasteiger partial charge < -0.3 is 14.4 Å². The van der Waals surface area contributed by atoms with Crippen LogP contribution < -0.4 is 0 Å². The first kappa shape index (κ1) is 18.5. The van der Waals surface area contributed by atoms with Crippen molar-refractivity contribution in [2.75, 3.05) is 13.1 Å². The number of nitrogens with zero attached hydrogens (tertiary/aromatic N) is 1. The van der Waals surface area contributed by atoms with Crippen LogP contribution in [0, 0.1) is 0 Å². The number of ether oxygens (including phenoxy) is 2. The monoisotopic (exact) mass is 431 g/mol. The lowest BCUT2D eigenvalue weighted by Gasteiger charge is -2.25. The number of carbonyl (C=O) groups excluding carboxylic acids is 1. The van der Waals surface area contributed by atoms with Gasteiger partial charge in [0.1, 0.15) is 5.60 Å². The first-order valence-electron chi connectivity index (χ1n) is 8.12. The van der Waals surface area contributed by atoms with Crippen LogP contribution in [-0.4, -0.2) is 39.7 Å². The third kappa shape index (κ3) is 5.35. The molecule has 0 saturated carbocycles. The van der Waals surface area contributed by atoms with E-state index < -0.39 is 5.60 Å². The fraction of sp³-hybridized carbons (Fsp3) is 0.611. The van der Waals surface area contributed by atoms with Crippen molar-refractivity contribution in [3.05, 3.63) is 35.9 Å². The standard InChI is InChI=1S/C18H26INO3/c1-5-15(13-9-7-6-8-10-13)22-16-12-20(11-14(16)19)17(21)23-18(2,3)4/h6-10,14-16H,5,11-12H2,1-4H3. The normalized spacial score (nSPS) is 22.9. The Kier molecular flexibility index (Phi) is 6.31. The maximum absolute atomic E-state index is 12.2. The van der Waals surface area contributed by atoms with Gasteiger partial charge in [-0.15, -0.1) is 0 Å². The molecular formula is C18H26INO3. The van der Waals surface area contributed by atoms with Gasteiger partial charge in [-0.2, -0.15) is 0 Å². The molecule has 0 aromatic heterocycles. The van der Waals surface area contributed by atoms with Gasteiger partial charge in [0, 0.05) is 6.54 Å². The minimum Gasteiger partial charge on any atom is -0.444 e. The number of alkyl halides is 1. The lowest BCUT2D eigenvalue weighted by Crippen LogP contribution is -2.36. The zero-order valence-electron chi connectivity index (χ0n) is 14.3. The second-order valence-corrected chi connectivity index (χ2v) is 8.48. The molecule has 0 aliphatic carbocycles. The molecule has 3 unspecified atom stereocenters. The van der Waals surface area contributed by atoms with Gasteiger partial charge in [0.2, 0.25) is 0 Å². The summed E-state index contributed by atoms with van der Waals surface area (Å²) in [6.45, 7) is 9.05. The Bertz CT molecular complexity index is 515. The maximum Gasteiger partial charge on any atom is 0.410 e. The Hall–Kier alpha value is -0.820. The van der Waals surface area contributed by atoms with Crippen LogP contribution >= 0.6 is 22.6 Å². The summed E-state index contributed by atoms with van der Waals surface area (Å²) in [5, 5.41) is 0. The predicted molar refractivity (Wildman–Crippen MR) is 100.0 cm³/mol. The van der Waals surface area contributed by atoms with Crippen molar-refractivity contribution >= 4 is 28.7 Å². The second kappa shape index (κ2) is 7.83. The van der Waals surface area contributed by atoms with Crippen molar-refractivity contribution < 1.29 is 14.3 Å². The van der Waals surface area contributed by atoms with Crippen molar-refractivity contribution in [2.24, 2.45) is 0 Å². The van der Waals surface area contributed by atoms with Gasteiger partial charge in [0.05, 0.1) is 22.7 Å². The molecule has 1 aliphatic heterocycles. The number of benzene rings is 1. The van der Waals surface area contributed by atoms with Gasteiger partial charge in [-0.3, -0.25) is 0 Å². The van der Waals surface area contributed by atoms with Gasteiger partial charge in [-0.25, -0.2) is 4.79 Å². The molecule has 0 spiro atoms. The van der Waals surface area contributed by atoms with E-state index >= 15 is 0 Å². The molecule has 1 aliphatic rings. The highest BCUT2D eigenvalue weighted by Crippen LogP contribution is 2.29. The molecule has 1 fully saturated rings. The van der Waals surface area contributed by atoms with Gasteiger partial charge in [-0.05, 0) is 32.8 Å². The SMILES string of the molecule is CCC(OC1CN(C(=O)OC(C)(C)C)CC1I)c1ccccc1. The summed E-state index contributed by atoms with van der Waals surface area (Å²) >= 11 is 2.37. The fourth-order valence-corrected chi connectivity index (χ4v) is 3.50. The molecule has 128 valence electrons. The van der Waals surface area contributed by atoms with E-state index in [2.05, 4.69) is 41.6 Å². The molecule has 23 heavy (non-hydrogen) atoms. The Labute approximate surface area is 152 Å². The first-order valence-corrected chi connectivity index (χ1v) is 9.37. The summed E-state index contributed by atoms with van der Waals surface area (Å²) in [6, 6.07) is 10.3. The smallest absolute Gasteiger partial charge is 0.410 e. The Morgan fingerprint density at radius 2 is 1.96 bits per heavy atom. The van der Waals surface area contributed by atoms with Crippen molar-refractivity contribution in [1.82, 2.24) is 4.90 Å². The molecule has 0 radical (unpaired) electrons. The molecule has 1 heterocycles. The average Bonchev–Trinajstić information content (AvgIpc) is 2.85. The van der Waals surface area contributed by atoms with Gasteiger partial charge in [-0.1, -0.05) is 59.8 Å². The van der Waals surface area contributed by atoms with Crippen molar-refractivity contribution in [3.8, 4) is 0 Å². The lowest BCUT2D eigenvalue weighted by molar-refractivity contribution is -0.0109. The van der Waals surface area contributed by atoms with E-state index in [9.17, 15) is 4.79 Å². The lowest BCUT2D eigenvalue weighted by atomic mass is 10.1. The fourth-order valence-electron chi connectivity index (χ4n) is 2.63. The van der Waals surface area contributed by atoms with Crippen LogP contribution in [0.25, 0.3) is 0 Å². The first-order chi connectivity index (χ1) is 10.8. The number of likely N-dealkylation sites (tertiary alicyclic amines) is 1. The Morgan fingerprint density at radius 3 is 2.52 bits per heavy atom. The number of halogens is 1. The molecule has 1 aromatic carbocycles. The topological polar surface area (TPSA) is 38.8 Å². The average molecular weight is 431 g/mol. The minimum absolute atomic E-state index is 0.0354. The molecule has 0 N–H and O–H groups in total. The number of hydrogen-bond acceptors (Lipinski definition) is 3. The predicted octanol–water partition coefficient (Wildman–Crippen LogP) is 4.58. The zero-order valence-corrected chi connectivity index (χ0v) is 16.4. The summed E-state index contributed by atoms with van der Waals surface area (Å²) in [5.74, 6) is 0. The second-order valence-electron chi connectivity index (χ2n) is 6.88. The molecule has 3 atom stereocenters. The van der Waals surface area contributed by atoms with Crippen molar-refractivity contribution in [1.29, 1.82) is 0 Å². The summed E-state index contributed by atoms with van der Waals surface area (Å²) in [7, 11) is 0. The molecule has 5 heteroatoms. The Morgan fingerprint density at radius 1 is 1.30 bits per heavy atom. The van der Waals surface area contributed by atoms with E-state index in [1.807, 2.05) is 39.0 Å². The van der Waals surface area contributed by atoms with Gasteiger partial charge in [0.25, 0.3) is 0 Å². The number of hydrogen-bond donors (Lipinski definition) is 0. The van der Waals surface area contributed by atoms with Crippen molar-refractivity contribution in [3.63, 3.8) is 0 Å². The zero-order chi connectivity index (χ0) is 17.0. The van der Waals surface area contributed by atoms with Crippen molar-refractivity contribution in [2.45, 2.75) is 55.8 Å². The van der Waals surface area contributed by atoms with E-state index in [1.54, 1.807) is 4.90 Å². The maximum atomic E-state index is 12.2. The Balaban J connectivity index is 1.97. The molecular weight excluding hydrogens is 405 g/mol. The minimum atomic E-state index is -0.465. The number of rotatable bonds is 4. The van der Waals surface area contributed by atoms with E-state index in [-0.39, 0.29) is 22.2 Å². The summed E-state index contributed by atoms with van der Waals surface area (Å²) in [4.78, 5) is 14.0. The largest absolute Gasteiger partial charge is 0.444 e. The van der Waals surface area contributed by atoms with Gasteiger partial charge in [0.15, 0.2) is 0 Å². The summed E-state index contributed by atoms with van der Waals surface area (Å²) < 4.78 is 12.1. The third-order valence-electron chi connectivity index (χ3n) is 3.73. The van der Waals surface area contributed by atoms with Crippen LogP contribution in [0.4, 0.5) is 4.79 Å². The van der Waals surface area contributed by atoms with E-state index in [4.69, 9.17) is 9.47 Å². The van der Waals surface area contributed by atoms with E-state index in [0.29, 0.717) is 13.1 Å². The van der Waals surface area contributed by atoms with Crippen LogP contribution in [0.2, 0.25) is 0 Å². The van der Waals surface area contributed by atoms with Crippen LogP contribution in [0.5, 0.6) is 0 Å². The quantitative estimate of drug-likeness (QED) is 0.518. The summed E-state index contributed by atoms with van der Waals surface area (Å²) in [6.07, 6.45) is 0.763. The number of amides is 1. The molecule has 1 amide bonds. The van der Waals surface area contributed by atoms with E-state index in [0.717, 1.165) is 6.42 Å². The molecule has 2 rings (SSSR count). The van der Waals surface area contributed by atoms with Crippen LogP contribution in [-0.2, 0) is 9.47 Å². The highest BCUT2D eigenvalue weighted by Gasteiger charge is 2.37. The van der Waals surface area contributed by atoms with Crippen LogP contribution in [0.3, 0.4) is 0 Å². The number of carbonyl (C=O) groups is 1. The molecule has 0 bridgehead atoms. The molecule has 1 aromatic rings. The van der Waals surface area contributed by atoms with Gasteiger partial charge >= 0.3 is 6.09 Å². The van der Waals surface area contributed by atoms with E-state index in [1.165, 1.54) is 5.56 Å².